The molecule has 0 radical (unpaired) electrons. The molecule has 1 aromatic carbocycles. The van der Waals surface area contributed by atoms with Gasteiger partial charge in [0.15, 0.2) is 0 Å². The Morgan fingerprint density at radius 3 is 2.45 bits per heavy atom. The van der Waals surface area contributed by atoms with Crippen molar-refractivity contribution in [2.24, 2.45) is 0 Å². The maximum Gasteiger partial charge on any atom is 0.330 e. The maximum atomic E-state index is 10.3. The molecule has 4 nitrogen and oxygen atoms in total. The lowest BCUT2D eigenvalue weighted by Crippen LogP contribution is -2.00. The molecule has 0 atom stereocenters. The first-order valence-electron chi connectivity index (χ1n) is 7.02. The van der Waals surface area contributed by atoms with Crippen molar-refractivity contribution < 1.29 is 19.4 Å². The lowest BCUT2D eigenvalue weighted by atomic mass is 10.2. The normalized spacial score (nSPS) is 10.0. The number of hydrogen-bond acceptors (Lipinski definition) is 3. The standard InChI is InChI=1S/C11H10O2.C7H12O2/c12-11(13)9-5-4-8-10-6-2-1-3-7-10;1-3-5-6-9-7(8)4-2/h1-9H,(H,12,13);4H,2-3,5-6H2,1H3. The fraction of sp³-hybridized carbons (Fsp3) is 0.222. The molecule has 0 unspecified atom stereocenters. The zero-order valence-electron chi connectivity index (χ0n) is 12.8. The molecule has 1 rings (SSSR count). The Morgan fingerprint density at radius 1 is 1.23 bits per heavy atom. The molecule has 4 heteroatoms. The van der Waals surface area contributed by atoms with Crippen molar-refractivity contribution in [3.63, 3.8) is 0 Å². The van der Waals surface area contributed by atoms with Gasteiger partial charge in [-0.15, -0.1) is 0 Å². The predicted octanol–water partition coefficient (Wildman–Crippen LogP) is 3.86. The van der Waals surface area contributed by atoms with Gasteiger partial charge in [-0.3, -0.25) is 0 Å². The third-order valence-corrected chi connectivity index (χ3v) is 2.35. The summed E-state index contributed by atoms with van der Waals surface area (Å²) in [5.41, 5.74) is 1.05. The smallest absolute Gasteiger partial charge is 0.330 e. The van der Waals surface area contributed by atoms with E-state index >= 15 is 0 Å². The van der Waals surface area contributed by atoms with E-state index in [9.17, 15) is 9.59 Å². The number of esters is 1. The fourth-order valence-corrected chi connectivity index (χ4v) is 1.24. The van der Waals surface area contributed by atoms with Gasteiger partial charge in [-0.05, 0) is 12.0 Å². The largest absolute Gasteiger partial charge is 0.478 e. The van der Waals surface area contributed by atoms with Crippen LogP contribution in [-0.2, 0) is 14.3 Å². The lowest BCUT2D eigenvalue weighted by molar-refractivity contribution is -0.137. The SMILES string of the molecule is C=CC(=O)OCCCC.O=C(O)C=CC=Cc1ccccc1. The van der Waals surface area contributed by atoms with E-state index in [0.717, 1.165) is 24.5 Å². The number of carboxylic acids is 1. The lowest BCUT2D eigenvalue weighted by Gasteiger charge is -1.97. The first-order chi connectivity index (χ1) is 10.6. The molecule has 0 aliphatic carbocycles. The number of carbonyl (C=O) groups is 2. The average Bonchev–Trinajstić information content (AvgIpc) is 2.53. The Balaban J connectivity index is 0.000000433. The van der Waals surface area contributed by atoms with Gasteiger partial charge in [0.05, 0.1) is 6.61 Å². The molecule has 0 heterocycles. The van der Waals surface area contributed by atoms with Gasteiger partial charge in [0.1, 0.15) is 0 Å². The van der Waals surface area contributed by atoms with Crippen LogP contribution in [0.1, 0.15) is 25.3 Å². The summed E-state index contributed by atoms with van der Waals surface area (Å²) in [6.07, 6.45) is 9.29. The molecule has 118 valence electrons. The van der Waals surface area contributed by atoms with E-state index in [2.05, 4.69) is 11.3 Å². The Labute approximate surface area is 131 Å². The van der Waals surface area contributed by atoms with Crippen LogP contribution < -0.4 is 0 Å². The highest BCUT2D eigenvalue weighted by molar-refractivity contribution is 5.81. The van der Waals surface area contributed by atoms with Crippen LogP contribution in [0.15, 0.2) is 61.2 Å². The Bertz CT molecular complexity index is 501. The number of aliphatic carboxylic acids is 1. The minimum absolute atomic E-state index is 0.330. The highest BCUT2D eigenvalue weighted by Crippen LogP contribution is 2.00. The molecule has 0 saturated heterocycles. The minimum Gasteiger partial charge on any atom is -0.478 e. The first kappa shape index (κ1) is 19.4. The molecule has 1 N–H and O–H groups in total. The van der Waals surface area contributed by atoms with Crippen LogP contribution in [-0.4, -0.2) is 23.7 Å². The maximum absolute atomic E-state index is 10.3. The summed E-state index contributed by atoms with van der Waals surface area (Å²) < 4.78 is 4.67. The number of hydrogen-bond donors (Lipinski definition) is 1. The number of allylic oxidation sites excluding steroid dienone is 2. The Morgan fingerprint density at radius 2 is 1.91 bits per heavy atom. The van der Waals surface area contributed by atoms with E-state index in [1.54, 1.807) is 6.08 Å². The van der Waals surface area contributed by atoms with E-state index in [1.807, 2.05) is 43.3 Å². The second-order valence-corrected chi connectivity index (χ2v) is 4.19. The molecule has 0 bridgehead atoms. The van der Waals surface area contributed by atoms with Crippen molar-refractivity contribution in [3.05, 3.63) is 66.8 Å². The van der Waals surface area contributed by atoms with Gasteiger partial charge in [-0.25, -0.2) is 9.59 Å². The number of benzene rings is 1. The van der Waals surface area contributed by atoms with Crippen LogP contribution in [0.5, 0.6) is 0 Å². The highest BCUT2D eigenvalue weighted by atomic mass is 16.5. The molecule has 0 amide bonds. The summed E-state index contributed by atoms with van der Waals surface area (Å²) in [7, 11) is 0. The molecule has 1 aromatic rings. The summed E-state index contributed by atoms with van der Waals surface area (Å²) in [4.78, 5) is 20.4. The molecule has 0 fully saturated rings. The van der Waals surface area contributed by atoms with E-state index in [-0.39, 0.29) is 5.97 Å². The molecule has 22 heavy (non-hydrogen) atoms. The van der Waals surface area contributed by atoms with Crippen molar-refractivity contribution in [3.8, 4) is 0 Å². The van der Waals surface area contributed by atoms with Gasteiger partial charge in [-0.1, -0.05) is 68.5 Å². The van der Waals surface area contributed by atoms with Gasteiger partial charge in [0.2, 0.25) is 0 Å². The van der Waals surface area contributed by atoms with Crippen molar-refractivity contribution in [2.75, 3.05) is 6.61 Å². The Kier molecular flexibility index (Phi) is 11.8. The number of carbonyl (C=O) groups excluding carboxylic acids is 1. The van der Waals surface area contributed by atoms with Gasteiger partial charge in [0.25, 0.3) is 0 Å². The summed E-state index contributed by atoms with van der Waals surface area (Å²) in [6, 6.07) is 9.70. The topological polar surface area (TPSA) is 63.6 Å². The predicted molar refractivity (Wildman–Crippen MR) is 88.3 cm³/mol. The number of unbranched alkanes of at least 4 members (excludes halogenated alkanes) is 1. The van der Waals surface area contributed by atoms with Crippen LogP contribution in [0.2, 0.25) is 0 Å². The molecule has 0 aromatic heterocycles. The van der Waals surface area contributed by atoms with Crippen molar-refractivity contribution in [1.82, 2.24) is 0 Å². The summed E-state index contributed by atoms with van der Waals surface area (Å²) in [5.74, 6) is -1.26. The number of rotatable bonds is 7. The summed E-state index contributed by atoms with van der Waals surface area (Å²) in [6.45, 7) is 5.82. The van der Waals surface area contributed by atoms with Gasteiger partial charge in [-0.2, -0.15) is 0 Å². The Hall–Kier alpha value is -2.62. The second kappa shape index (κ2) is 13.4. The zero-order chi connectivity index (χ0) is 16.6. The van der Waals surface area contributed by atoms with Crippen molar-refractivity contribution >= 4 is 18.0 Å². The van der Waals surface area contributed by atoms with E-state index in [4.69, 9.17) is 5.11 Å². The molecule has 0 saturated carbocycles. The van der Waals surface area contributed by atoms with E-state index in [1.165, 1.54) is 12.2 Å². The van der Waals surface area contributed by atoms with Crippen LogP contribution in [0, 0.1) is 0 Å². The molecular formula is C18H22O4. The van der Waals surface area contributed by atoms with Gasteiger partial charge < -0.3 is 9.84 Å². The molecule has 0 aliphatic rings. The number of carboxylic acid groups (broad SMARTS) is 1. The second-order valence-electron chi connectivity index (χ2n) is 4.19. The van der Waals surface area contributed by atoms with Crippen molar-refractivity contribution in [2.45, 2.75) is 19.8 Å². The molecular weight excluding hydrogens is 280 g/mol. The van der Waals surface area contributed by atoms with Crippen LogP contribution in [0.4, 0.5) is 0 Å². The minimum atomic E-state index is -0.933. The van der Waals surface area contributed by atoms with Crippen LogP contribution >= 0.6 is 0 Å². The molecule has 0 spiro atoms. The quantitative estimate of drug-likeness (QED) is 0.359. The fourth-order valence-electron chi connectivity index (χ4n) is 1.24. The molecule has 0 aliphatic heterocycles. The van der Waals surface area contributed by atoms with E-state index in [0.29, 0.717) is 6.61 Å². The monoisotopic (exact) mass is 302 g/mol. The number of ether oxygens (including phenoxy) is 1. The van der Waals surface area contributed by atoms with Crippen LogP contribution in [0.3, 0.4) is 0 Å². The summed E-state index contributed by atoms with van der Waals surface area (Å²) >= 11 is 0. The zero-order valence-corrected chi connectivity index (χ0v) is 12.8. The third-order valence-electron chi connectivity index (χ3n) is 2.35. The van der Waals surface area contributed by atoms with Gasteiger partial charge in [0, 0.05) is 12.2 Å². The van der Waals surface area contributed by atoms with Crippen molar-refractivity contribution in [1.29, 1.82) is 0 Å². The van der Waals surface area contributed by atoms with E-state index < -0.39 is 5.97 Å². The van der Waals surface area contributed by atoms with Gasteiger partial charge >= 0.3 is 11.9 Å². The third kappa shape index (κ3) is 12.4. The highest BCUT2D eigenvalue weighted by Gasteiger charge is 1.91. The first-order valence-corrected chi connectivity index (χ1v) is 7.02. The van der Waals surface area contributed by atoms with Crippen LogP contribution in [0.25, 0.3) is 6.08 Å². The summed E-state index contributed by atoms with van der Waals surface area (Å²) in [5, 5.41) is 8.29. The average molecular weight is 302 g/mol.